The summed E-state index contributed by atoms with van der Waals surface area (Å²) in [5.74, 6) is -1.05. The first-order valence-electron chi connectivity index (χ1n) is 7.77. The summed E-state index contributed by atoms with van der Waals surface area (Å²) in [5.41, 5.74) is 0.000384. The maximum Gasteiger partial charge on any atom is 0.391 e. The van der Waals surface area contributed by atoms with Crippen LogP contribution < -0.4 is 5.32 Å². The normalized spacial score (nSPS) is 29.3. The topological polar surface area (TPSA) is 29.1 Å². The average Bonchev–Trinajstić information content (AvgIpc) is 2.93. The van der Waals surface area contributed by atoms with Crippen molar-refractivity contribution in [3.8, 4) is 0 Å². The molecule has 0 spiro atoms. The number of nitrogens with one attached hydrogen (secondary N) is 1. The van der Waals surface area contributed by atoms with Crippen molar-refractivity contribution in [1.29, 1.82) is 0 Å². The number of halogens is 4. The third-order valence-corrected chi connectivity index (χ3v) is 5.71. The predicted octanol–water partition coefficient (Wildman–Crippen LogP) is 4.27. The molecule has 2 fully saturated rings. The smallest absolute Gasteiger partial charge is 0.355 e. The van der Waals surface area contributed by atoms with Gasteiger partial charge < -0.3 is 5.32 Å². The Bertz CT molecular complexity index is 358. The van der Waals surface area contributed by atoms with Gasteiger partial charge in [-0.15, -0.1) is 11.6 Å². The minimum Gasteiger partial charge on any atom is -0.355 e. The van der Waals surface area contributed by atoms with Gasteiger partial charge in [0.05, 0.1) is 5.92 Å². The molecule has 122 valence electrons. The molecule has 0 radical (unpaired) electrons. The van der Waals surface area contributed by atoms with E-state index in [2.05, 4.69) is 5.32 Å². The first-order chi connectivity index (χ1) is 9.86. The molecule has 2 aliphatic rings. The lowest BCUT2D eigenvalue weighted by Crippen LogP contribution is -2.41. The molecule has 0 unspecified atom stereocenters. The molecule has 2 rings (SSSR count). The minimum atomic E-state index is -4.12. The van der Waals surface area contributed by atoms with Crippen LogP contribution in [0.5, 0.6) is 0 Å². The zero-order valence-electron chi connectivity index (χ0n) is 12.1. The van der Waals surface area contributed by atoms with Gasteiger partial charge in [0, 0.05) is 23.8 Å². The maximum absolute atomic E-state index is 12.6. The Balaban J connectivity index is 1.77. The number of amides is 1. The van der Waals surface area contributed by atoms with E-state index in [-0.39, 0.29) is 30.1 Å². The predicted molar refractivity (Wildman–Crippen MR) is 76.1 cm³/mol. The van der Waals surface area contributed by atoms with Crippen molar-refractivity contribution < 1.29 is 18.0 Å². The molecule has 0 atom stereocenters. The van der Waals surface area contributed by atoms with E-state index in [1.165, 1.54) is 0 Å². The van der Waals surface area contributed by atoms with Gasteiger partial charge in [-0.1, -0.05) is 12.8 Å². The Morgan fingerprint density at radius 3 is 2.19 bits per heavy atom. The van der Waals surface area contributed by atoms with Crippen LogP contribution in [-0.2, 0) is 4.79 Å². The third-order valence-electron chi connectivity index (χ3n) is 5.15. The Morgan fingerprint density at radius 2 is 1.71 bits per heavy atom. The highest BCUT2D eigenvalue weighted by Gasteiger charge is 2.42. The lowest BCUT2D eigenvalue weighted by Gasteiger charge is -2.31. The minimum absolute atomic E-state index is 0.000384. The highest BCUT2D eigenvalue weighted by Crippen LogP contribution is 2.40. The van der Waals surface area contributed by atoms with Gasteiger partial charge >= 0.3 is 6.18 Å². The van der Waals surface area contributed by atoms with Gasteiger partial charge in [0.2, 0.25) is 5.91 Å². The summed E-state index contributed by atoms with van der Waals surface area (Å²) in [6.45, 7) is 0.564. The molecular weight excluding hydrogens is 303 g/mol. The lowest BCUT2D eigenvalue weighted by molar-refractivity contribution is -0.184. The van der Waals surface area contributed by atoms with Crippen molar-refractivity contribution >= 4 is 17.5 Å². The van der Waals surface area contributed by atoms with Crippen LogP contribution in [0.2, 0.25) is 0 Å². The van der Waals surface area contributed by atoms with E-state index in [1.54, 1.807) is 0 Å². The molecule has 21 heavy (non-hydrogen) atoms. The second-order valence-electron chi connectivity index (χ2n) is 6.65. The number of hydrogen-bond acceptors (Lipinski definition) is 1. The first-order valence-corrected chi connectivity index (χ1v) is 8.30. The van der Waals surface area contributed by atoms with Gasteiger partial charge in [-0.05, 0) is 38.5 Å². The van der Waals surface area contributed by atoms with Crippen molar-refractivity contribution in [3.05, 3.63) is 0 Å². The van der Waals surface area contributed by atoms with Gasteiger partial charge in [-0.2, -0.15) is 13.2 Å². The fourth-order valence-corrected chi connectivity index (χ4v) is 3.95. The Morgan fingerprint density at radius 1 is 1.14 bits per heavy atom. The molecule has 0 aliphatic heterocycles. The van der Waals surface area contributed by atoms with Gasteiger partial charge in [0.1, 0.15) is 0 Å². The highest BCUT2D eigenvalue weighted by molar-refractivity contribution is 6.18. The van der Waals surface area contributed by atoms with Crippen LogP contribution in [-0.4, -0.2) is 24.5 Å². The molecule has 2 nitrogen and oxygen atoms in total. The van der Waals surface area contributed by atoms with Crippen LogP contribution >= 0.6 is 11.6 Å². The highest BCUT2D eigenvalue weighted by atomic mass is 35.5. The second-order valence-corrected chi connectivity index (χ2v) is 6.92. The van der Waals surface area contributed by atoms with Crippen LogP contribution in [0.1, 0.15) is 51.4 Å². The molecule has 2 saturated carbocycles. The summed E-state index contributed by atoms with van der Waals surface area (Å²) in [6.07, 6.45) is 1.03. The Kier molecular flexibility index (Phi) is 5.44. The van der Waals surface area contributed by atoms with Gasteiger partial charge in [0.25, 0.3) is 0 Å². The summed E-state index contributed by atoms with van der Waals surface area (Å²) >= 11 is 6.03. The van der Waals surface area contributed by atoms with E-state index in [9.17, 15) is 18.0 Å². The molecule has 0 aromatic carbocycles. The molecule has 2 aliphatic carbocycles. The Labute approximate surface area is 128 Å². The molecule has 0 bridgehead atoms. The fraction of sp³-hybridized carbons (Fsp3) is 0.933. The number of hydrogen-bond donors (Lipinski definition) is 1. The monoisotopic (exact) mass is 325 g/mol. The largest absolute Gasteiger partial charge is 0.391 e. The molecule has 1 N–H and O–H groups in total. The van der Waals surface area contributed by atoms with Crippen molar-refractivity contribution in [2.45, 2.75) is 57.5 Å². The van der Waals surface area contributed by atoms with Crippen LogP contribution in [0, 0.1) is 17.3 Å². The van der Waals surface area contributed by atoms with Gasteiger partial charge in [-0.3, -0.25) is 4.79 Å². The van der Waals surface area contributed by atoms with Crippen molar-refractivity contribution in [2.75, 3.05) is 12.4 Å². The van der Waals surface area contributed by atoms with Crippen molar-refractivity contribution in [3.63, 3.8) is 0 Å². The zero-order chi connectivity index (χ0) is 15.5. The van der Waals surface area contributed by atoms with Gasteiger partial charge in [0.15, 0.2) is 0 Å². The van der Waals surface area contributed by atoms with E-state index in [1.807, 2.05) is 0 Å². The van der Waals surface area contributed by atoms with Crippen molar-refractivity contribution in [2.24, 2.45) is 17.3 Å². The summed E-state index contributed by atoms with van der Waals surface area (Å²) in [7, 11) is 0. The Hall–Kier alpha value is -0.450. The number of carbonyl (C=O) groups is 1. The number of carbonyl (C=O) groups excluding carboxylic acids is 1. The van der Waals surface area contributed by atoms with E-state index in [4.69, 9.17) is 11.6 Å². The molecular formula is C15H23ClF3NO. The molecule has 0 heterocycles. The van der Waals surface area contributed by atoms with Crippen LogP contribution in [0.25, 0.3) is 0 Å². The molecule has 0 aromatic rings. The van der Waals surface area contributed by atoms with E-state index >= 15 is 0 Å². The maximum atomic E-state index is 12.6. The molecule has 6 heteroatoms. The zero-order valence-corrected chi connectivity index (χ0v) is 12.9. The summed E-state index contributed by atoms with van der Waals surface area (Å²) in [6, 6.07) is 0. The SMILES string of the molecule is O=C(NCC1(CCl)CCCC1)C1CCC(C(F)(F)F)CC1. The molecule has 0 saturated heterocycles. The van der Waals surface area contributed by atoms with Crippen LogP contribution in [0.3, 0.4) is 0 Å². The molecule has 1 amide bonds. The third kappa shape index (κ3) is 4.27. The summed E-state index contributed by atoms with van der Waals surface area (Å²) in [4.78, 5) is 12.1. The van der Waals surface area contributed by atoms with E-state index < -0.39 is 12.1 Å². The van der Waals surface area contributed by atoms with E-state index in [0.29, 0.717) is 25.3 Å². The summed E-state index contributed by atoms with van der Waals surface area (Å²) < 4.78 is 37.8. The standard InChI is InChI=1S/C15H23ClF3NO/c16-9-14(7-1-2-8-14)10-20-13(21)11-3-5-12(6-4-11)15(17,18)19/h11-12H,1-10H2,(H,20,21). The second kappa shape index (κ2) is 6.76. The van der Waals surface area contributed by atoms with Crippen LogP contribution in [0.4, 0.5) is 13.2 Å². The molecule has 0 aromatic heterocycles. The van der Waals surface area contributed by atoms with Gasteiger partial charge in [-0.25, -0.2) is 0 Å². The van der Waals surface area contributed by atoms with Crippen molar-refractivity contribution in [1.82, 2.24) is 5.32 Å². The summed E-state index contributed by atoms with van der Waals surface area (Å²) in [5, 5.41) is 2.94. The van der Waals surface area contributed by atoms with Crippen LogP contribution in [0.15, 0.2) is 0 Å². The number of rotatable bonds is 4. The number of alkyl halides is 4. The fourth-order valence-electron chi connectivity index (χ4n) is 3.58. The lowest BCUT2D eigenvalue weighted by atomic mass is 9.81. The van der Waals surface area contributed by atoms with E-state index in [0.717, 1.165) is 25.7 Å². The average molecular weight is 326 g/mol. The quantitative estimate of drug-likeness (QED) is 0.768. The first kappa shape index (κ1) is 16.9.